The van der Waals surface area contributed by atoms with Gasteiger partial charge in [0, 0.05) is 7.14 Å². The Morgan fingerprint density at radius 1 is 0.500 bits per heavy atom. The molecule has 52 heavy (non-hydrogen) atoms. The van der Waals surface area contributed by atoms with Crippen molar-refractivity contribution in [1.29, 1.82) is 0 Å². The average molecular weight is 911 g/mol. The number of imidazole rings is 3. The zero-order valence-electron chi connectivity index (χ0n) is 26.0. The second kappa shape index (κ2) is 14.5. The first-order valence-corrected chi connectivity index (χ1v) is 17.7. The molecule has 5 aromatic carbocycles. The Kier molecular flexibility index (Phi) is 9.74. The summed E-state index contributed by atoms with van der Waals surface area (Å²) in [5.74, 6) is 2.27. The van der Waals surface area contributed by atoms with E-state index in [0.29, 0.717) is 0 Å². The maximum Gasteiger partial charge on any atom is 0.251 e. The fourth-order valence-electron chi connectivity index (χ4n) is 6.11. The van der Waals surface area contributed by atoms with E-state index in [-0.39, 0.29) is 14.9 Å². The number of para-hydroxylation sites is 6. The summed E-state index contributed by atoms with van der Waals surface area (Å²) in [6, 6.07) is 41.0. The third kappa shape index (κ3) is 6.06. The number of H-pyrrole nitrogens is 1. The lowest BCUT2D eigenvalue weighted by atomic mass is 10.2. The molecular weight excluding hydrogens is 878 g/mol. The molecule has 0 saturated carbocycles. The number of fused-ring (bicyclic) bond motifs is 9. The molecule has 0 saturated heterocycles. The predicted octanol–water partition coefficient (Wildman–Crippen LogP) is 9.04. The van der Waals surface area contributed by atoms with E-state index in [1.807, 2.05) is 68.1 Å². The maximum absolute atomic E-state index is 4.50. The van der Waals surface area contributed by atoms with Crippen molar-refractivity contribution in [2.24, 2.45) is 0 Å². The SMILES string of the molecule is C.C.Ic1cccc(I)c1.c1cc(-n2c3ccccc3n3ncnc23)cc(-n2c3ccccc3n3ncnc23)c1.c1ccc2c(c1)nc1nc[nH]n12. The van der Waals surface area contributed by atoms with Gasteiger partial charge in [-0.3, -0.25) is 14.2 Å². The lowest BCUT2D eigenvalue weighted by Gasteiger charge is -2.09. The molecule has 11 rings (SSSR count). The van der Waals surface area contributed by atoms with Crippen LogP contribution in [0.1, 0.15) is 14.9 Å². The van der Waals surface area contributed by atoms with E-state index in [2.05, 4.69) is 156 Å². The molecule has 12 nitrogen and oxygen atoms in total. The smallest absolute Gasteiger partial charge is 0.251 e. The van der Waals surface area contributed by atoms with Crippen molar-refractivity contribution in [2.45, 2.75) is 14.9 Å². The van der Waals surface area contributed by atoms with Crippen LogP contribution in [-0.4, -0.2) is 57.9 Å². The highest BCUT2D eigenvalue weighted by Crippen LogP contribution is 2.28. The van der Waals surface area contributed by atoms with Crippen LogP contribution in [0, 0.1) is 7.14 Å². The van der Waals surface area contributed by atoms with Gasteiger partial charge in [0.25, 0.3) is 5.78 Å². The first-order chi connectivity index (χ1) is 24.6. The van der Waals surface area contributed by atoms with E-state index in [9.17, 15) is 0 Å². The Hall–Kier alpha value is -5.62. The monoisotopic (exact) mass is 910 g/mol. The fourth-order valence-corrected chi connectivity index (χ4v) is 7.79. The topological polar surface area (TPSA) is 116 Å². The highest BCUT2D eigenvalue weighted by Gasteiger charge is 2.17. The van der Waals surface area contributed by atoms with Gasteiger partial charge in [0.15, 0.2) is 0 Å². The van der Waals surface area contributed by atoms with E-state index >= 15 is 0 Å². The van der Waals surface area contributed by atoms with Crippen LogP contribution in [-0.2, 0) is 0 Å². The summed E-state index contributed by atoms with van der Waals surface area (Å²) in [5, 5.41) is 11.8. The van der Waals surface area contributed by atoms with Crippen molar-refractivity contribution < 1.29 is 0 Å². The normalized spacial score (nSPS) is 11.0. The Balaban J connectivity index is 0.000000157. The Labute approximate surface area is 325 Å². The molecule has 0 aliphatic rings. The molecule has 0 spiro atoms. The number of halogens is 2. The molecule has 0 radical (unpaired) electrons. The molecule has 258 valence electrons. The molecule has 0 amide bonds. The number of nitrogens with one attached hydrogen (secondary N) is 1. The lowest BCUT2D eigenvalue weighted by molar-refractivity contribution is 0.986. The minimum absolute atomic E-state index is 0. The molecule has 0 aliphatic heterocycles. The molecule has 1 N–H and O–H groups in total. The molecule has 0 unspecified atom stereocenters. The van der Waals surface area contributed by atoms with Gasteiger partial charge in [-0.1, -0.05) is 63.4 Å². The Bertz CT molecular complexity index is 2800. The number of aromatic amines is 1. The van der Waals surface area contributed by atoms with Crippen LogP contribution < -0.4 is 0 Å². The molecular formula is C38H32I2N12. The maximum atomic E-state index is 4.50. The third-order valence-electron chi connectivity index (χ3n) is 8.20. The Morgan fingerprint density at radius 3 is 1.54 bits per heavy atom. The van der Waals surface area contributed by atoms with Crippen molar-refractivity contribution in [3.8, 4) is 11.4 Å². The van der Waals surface area contributed by atoms with Crippen LogP contribution in [0.5, 0.6) is 0 Å². The van der Waals surface area contributed by atoms with Gasteiger partial charge in [-0.25, -0.2) is 14.5 Å². The minimum Gasteiger partial charge on any atom is -0.280 e. The molecule has 0 fully saturated rings. The summed E-state index contributed by atoms with van der Waals surface area (Å²) in [6.45, 7) is 0. The molecule has 11 aromatic rings. The summed E-state index contributed by atoms with van der Waals surface area (Å²) < 4.78 is 12.4. The standard InChI is InChI=1S/C22H14N8.C8H6N4.C6H4I2.2CH4/c1-3-10-19-17(8-1)27(21-23-13-25-29(19)21)15-6-5-7-16(12-15)28-18-9-2-4-11-20(18)30-22(28)24-14-26-30;1-2-4-7-6(3-1)11-8-9-5-10-12(7)8;7-5-2-1-3-6(8)4-5;;/h1-14H;1-5H,(H,9,10,11);1-4H;2*1H4. The van der Waals surface area contributed by atoms with Crippen LogP contribution in [0.15, 0.2) is 140 Å². The summed E-state index contributed by atoms with van der Waals surface area (Å²) in [5.41, 5.74) is 8.17. The van der Waals surface area contributed by atoms with Gasteiger partial charge < -0.3 is 0 Å². The molecule has 6 aromatic heterocycles. The van der Waals surface area contributed by atoms with Gasteiger partial charge in [0.05, 0.1) is 44.5 Å². The number of rotatable bonds is 2. The van der Waals surface area contributed by atoms with Crippen molar-refractivity contribution in [1.82, 2.24) is 57.9 Å². The lowest BCUT2D eigenvalue weighted by Crippen LogP contribution is -1.99. The van der Waals surface area contributed by atoms with Crippen molar-refractivity contribution in [3.05, 3.63) is 147 Å². The predicted molar refractivity (Wildman–Crippen MR) is 223 cm³/mol. The zero-order valence-corrected chi connectivity index (χ0v) is 30.3. The van der Waals surface area contributed by atoms with E-state index in [1.54, 1.807) is 19.0 Å². The van der Waals surface area contributed by atoms with Gasteiger partial charge in [0.1, 0.15) is 19.0 Å². The summed E-state index contributed by atoms with van der Waals surface area (Å²) in [6.07, 6.45) is 4.80. The van der Waals surface area contributed by atoms with Crippen LogP contribution >= 0.6 is 45.2 Å². The third-order valence-corrected chi connectivity index (χ3v) is 9.55. The molecule has 0 atom stereocenters. The largest absolute Gasteiger partial charge is 0.280 e. The first-order valence-electron chi connectivity index (χ1n) is 15.5. The quantitative estimate of drug-likeness (QED) is 0.173. The summed E-state index contributed by atoms with van der Waals surface area (Å²) >= 11 is 4.60. The Morgan fingerprint density at radius 2 is 1.00 bits per heavy atom. The van der Waals surface area contributed by atoms with Crippen LogP contribution in [0.2, 0.25) is 0 Å². The number of hydrogen-bond acceptors (Lipinski definition) is 6. The molecule has 14 heteroatoms. The highest BCUT2D eigenvalue weighted by atomic mass is 127. The highest BCUT2D eigenvalue weighted by molar-refractivity contribution is 14.1. The van der Waals surface area contributed by atoms with E-state index in [4.69, 9.17) is 0 Å². The van der Waals surface area contributed by atoms with Crippen molar-refractivity contribution in [2.75, 3.05) is 0 Å². The number of hydrogen-bond donors (Lipinski definition) is 1. The summed E-state index contributed by atoms with van der Waals surface area (Å²) in [4.78, 5) is 17.3. The van der Waals surface area contributed by atoms with Gasteiger partial charge in [-0.2, -0.15) is 29.2 Å². The van der Waals surface area contributed by atoms with E-state index < -0.39 is 0 Å². The van der Waals surface area contributed by atoms with Gasteiger partial charge in [0.2, 0.25) is 11.6 Å². The second-order valence-electron chi connectivity index (χ2n) is 11.2. The van der Waals surface area contributed by atoms with Gasteiger partial charge in [-0.15, -0.1) is 0 Å². The van der Waals surface area contributed by atoms with Crippen molar-refractivity contribution in [3.63, 3.8) is 0 Å². The van der Waals surface area contributed by atoms with Crippen LogP contribution in [0.3, 0.4) is 0 Å². The van der Waals surface area contributed by atoms with E-state index in [0.717, 1.165) is 61.8 Å². The van der Waals surface area contributed by atoms with E-state index in [1.165, 1.54) is 7.14 Å². The minimum atomic E-state index is 0. The molecule has 0 aliphatic carbocycles. The number of benzene rings is 5. The van der Waals surface area contributed by atoms with Crippen LogP contribution in [0.25, 0.3) is 61.8 Å². The molecule has 0 bridgehead atoms. The number of aromatic nitrogens is 12. The average Bonchev–Trinajstić information content (AvgIpc) is 3.98. The zero-order chi connectivity index (χ0) is 33.6. The summed E-state index contributed by atoms with van der Waals surface area (Å²) in [7, 11) is 0. The first kappa shape index (κ1) is 34.8. The molecule has 6 heterocycles. The van der Waals surface area contributed by atoms with Crippen molar-refractivity contribution >= 4 is 95.6 Å². The number of nitrogens with zero attached hydrogens (tertiary/aromatic N) is 11. The second-order valence-corrected chi connectivity index (χ2v) is 13.7. The van der Waals surface area contributed by atoms with Gasteiger partial charge in [-0.05, 0) is 118 Å². The van der Waals surface area contributed by atoms with Gasteiger partial charge >= 0.3 is 0 Å². The fraction of sp³-hybridized carbons (Fsp3) is 0.0526. The van der Waals surface area contributed by atoms with Crippen LogP contribution in [0.4, 0.5) is 0 Å².